The van der Waals surface area contributed by atoms with E-state index < -0.39 is 0 Å². The van der Waals surface area contributed by atoms with Crippen molar-refractivity contribution in [2.45, 2.75) is 124 Å². The van der Waals surface area contributed by atoms with Gasteiger partial charge in [-0.15, -0.1) is 11.6 Å². The van der Waals surface area contributed by atoms with Crippen LogP contribution in [0, 0.1) is 52.3 Å². The Balaban J connectivity index is 1.50. The topological polar surface area (TPSA) is 26.3 Å². The first-order chi connectivity index (χ1) is 15.9. The minimum absolute atomic E-state index is 0.00904. The van der Waals surface area contributed by atoms with Crippen LogP contribution in [0.3, 0.4) is 0 Å². The van der Waals surface area contributed by atoms with Crippen LogP contribution in [0.5, 0.6) is 0 Å². The average molecular weight is 491 g/mol. The van der Waals surface area contributed by atoms with Crippen molar-refractivity contribution in [3.63, 3.8) is 0 Å². The second kappa shape index (κ2) is 9.75. The molecule has 34 heavy (non-hydrogen) atoms. The molecule has 0 spiro atoms. The van der Waals surface area contributed by atoms with Gasteiger partial charge in [0.15, 0.2) is 0 Å². The van der Waals surface area contributed by atoms with Crippen LogP contribution in [-0.4, -0.2) is 16.9 Å². The van der Waals surface area contributed by atoms with Crippen molar-refractivity contribution in [3.8, 4) is 0 Å². The number of carbonyl (C=O) groups is 1. The van der Waals surface area contributed by atoms with E-state index in [2.05, 4.69) is 53.7 Å². The third-order valence-electron chi connectivity index (χ3n) is 11.7. The first kappa shape index (κ1) is 26.6. The van der Waals surface area contributed by atoms with E-state index in [1.807, 2.05) is 0 Å². The Kier molecular flexibility index (Phi) is 7.62. The summed E-state index contributed by atoms with van der Waals surface area (Å²) in [4.78, 5) is 11.4. The van der Waals surface area contributed by atoms with E-state index in [4.69, 9.17) is 16.3 Å². The monoisotopic (exact) mass is 490 g/mol. The van der Waals surface area contributed by atoms with Crippen LogP contribution in [-0.2, 0) is 9.53 Å². The van der Waals surface area contributed by atoms with Crippen molar-refractivity contribution in [2.24, 2.45) is 52.3 Å². The molecule has 0 aromatic rings. The number of fused-ring (bicyclic) bond motifs is 5. The molecule has 4 fully saturated rings. The van der Waals surface area contributed by atoms with E-state index in [1.165, 1.54) is 45.4 Å². The van der Waals surface area contributed by atoms with Crippen LogP contribution >= 0.6 is 11.6 Å². The molecule has 0 aliphatic heterocycles. The van der Waals surface area contributed by atoms with Crippen LogP contribution in [0.2, 0.25) is 0 Å². The van der Waals surface area contributed by atoms with Gasteiger partial charge in [0, 0.05) is 13.3 Å². The molecule has 0 N–H and O–H groups in total. The van der Waals surface area contributed by atoms with Crippen molar-refractivity contribution in [3.05, 3.63) is 12.2 Å². The van der Waals surface area contributed by atoms with Crippen LogP contribution in [0.1, 0.15) is 113 Å². The second-order valence-corrected chi connectivity index (χ2v) is 14.3. The highest BCUT2D eigenvalue weighted by Crippen LogP contribution is 2.70. The Bertz CT molecular complexity index is 775. The lowest BCUT2D eigenvalue weighted by Gasteiger charge is -2.64. The fraction of sp³-hybridized carbons (Fsp3) is 0.903. The summed E-state index contributed by atoms with van der Waals surface area (Å²) in [5.74, 6) is 5.16. The molecule has 2 nitrogen and oxygen atoms in total. The maximum atomic E-state index is 11.6. The molecule has 4 rings (SSSR count). The Labute approximate surface area is 215 Å². The number of rotatable bonds is 6. The van der Waals surface area contributed by atoms with Crippen molar-refractivity contribution in [2.75, 3.05) is 0 Å². The number of allylic oxidation sites excluding steroid dienone is 2. The fourth-order valence-electron chi connectivity index (χ4n) is 9.68. The highest BCUT2D eigenvalue weighted by molar-refractivity contribution is 6.24. The predicted molar refractivity (Wildman–Crippen MR) is 143 cm³/mol. The lowest BCUT2D eigenvalue weighted by Crippen LogP contribution is -2.60. The van der Waals surface area contributed by atoms with Gasteiger partial charge in [-0.1, -0.05) is 53.7 Å². The Morgan fingerprint density at radius 2 is 1.74 bits per heavy atom. The van der Waals surface area contributed by atoms with Gasteiger partial charge in [-0.2, -0.15) is 0 Å². The van der Waals surface area contributed by atoms with Gasteiger partial charge in [-0.05, 0) is 110 Å². The normalized spacial score (nSPS) is 46.0. The maximum absolute atomic E-state index is 11.6. The van der Waals surface area contributed by atoms with Crippen LogP contribution in [0.15, 0.2) is 12.2 Å². The SMILES string of the molecule is CC[C@@H](/C=C/[C@@H](C)[C@H]1CC[C@H]2[C@@H]3CC[C@@]4(Cl)C[C@@H](OC(C)=O)CC[C@]4(C)[C@H]3CC[C@]12C)C(C)C. The van der Waals surface area contributed by atoms with Crippen LogP contribution in [0.4, 0.5) is 0 Å². The molecular formula is C31H51ClO2. The summed E-state index contributed by atoms with van der Waals surface area (Å²) < 4.78 is 5.64. The number of ether oxygens (including phenoxy) is 1. The Morgan fingerprint density at radius 1 is 1.00 bits per heavy atom. The number of alkyl halides is 1. The van der Waals surface area contributed by atoms with Gasteiger partial charge in [0.1, 0.15) is 6.10 Å². The molecule has 10 atom stereocenters. The number of carbonyl (C=O) groups excluding carboxylic acids is 1. The van der Waals surface area contributed by atoms with E-state index in [-0.39, 0.29) is 22.4 Å². The van der Waals surface area contributed by atoms with Gasteiger partial charge in [-0.3, -0.25) is 4.79 Å². The molecule has 4 aliphatic carbocycles. The molecule has 0 unspecified atom stereocenters. The van der Waals surface area contributed by atoms with Crippen molar-refractivity contribution < 1.29 is 9.53 Å². The van der Waals surface area contributed by atoms with Gasteiger partial charge in [0.05, 0.1) is 4.87 Å². The zero-order valence-corrected chi connectivity index (χ0v) is 23.8. The first-order valence-electron chi connectivity index (χ1n) is 14.5. The molecule has 0 radical (unpaired) electrons. The molecule has 0 aromatic heterocycles. The van der Waals surface area contributed by atoms with E-state index in [0.717, 1.165) is 55.3 Å². The molecule has 194 valence electrons. The Morgan fingerprint density at radius 3 is 2.38 bits per heavy atom. The highest BCUT2D eigenvalue weighted by atomic mass is 35.5. The van der Waals surface area contributed by atoms with E-state index in [1.54, 1.807) is 0 Å². The number of hydrogen-bond donors (Lipinski definition) is 0. The van der Waals surface area contributed by atoms with E-state index in [9.17, 15) is 4.79 Å². The number of halogens is 1. The van der Waals surface area contributed by atoms with E-state index >= 15 is 0 Å². The average Bonchev–Trinajstić information content (AvgIpc) is 3.11. The van der Waals surface area contributed by atoms with Crippen LogP contribution < -0.4 is 0 Å². The van der Waals surface area contributed by atoms with Gasteiger partial charge in [0.25, 0.3) is 0 Å². The molecule has 4 aliphatic rings. The van der Waals surface area contributed by atoms with Gasteiger partial charge in [0.2, 0.25) is 0 Å². The Hall–Kier alpha value is -0.500. The lowest BCUT2D eigenvalue weighted by molar-refractivity contribution is -0.157. The summed E-state index contributed by atoms with van der Waals surface area (Å²) in [7, 11) is 0. The molecule has 0 heterocycles. The molecule has 4 saturated carbocycles. The van der Waals surface area contributed by atoms with Crippen molar-refractivity contribution in [1.29, 1.82) is 0 Å². The summed E-state index contributed by atoms with van der Waals surface area (Å²) >= 11 is 7.48. The third-order valence-corrected chi connectivity index (χ3v) is 12.5. The largest absolute Gasteiger partial charge is 0.462 e. The standard InChI is InChI=1S/C31H51ClO2/c1-8-23(20(2)3)10-9-21(4)26-11-12-27-25-14-18-31(32)19-24(34-22(5)33)13-17-30(31,7)28(25)15-16-29(26,27)6/h9-10,20-21,23-28H,8,11-19H2,1-7H3/b10-9+/t21-,23+,24+,25+,26-,27+,28+,29-,30-,31-/m1/s1. The summed E-state index contributed by atoms with van der Waals surface area (Å²) in [6, 6.07) is 0. The first-order valence-corrected chi connectivity index (χ1v) is 14.9. The minimum Gasteiger partial charge on any atom is -0.462 e. The van der Waals surface area contributed by atoms with Gasteiger partial charge in [-0.25, -0.2) is 0 Å². The van der Waals surface area contributed by atoms with Crippen molar-refractivity contribution >= 4 is 17.6 Å². The smallest absolute Gasteiger partial charge is 0.302 e. The molecule has 0 amide bonds. The highest BCUT2D eigenvalue weighted by Gasteiger charge is 2.64. The lowest BCUT2D eigenvalue weighted by atomic mass is 9.44. The number of hydrogen-bond acceptors (Lipinski definition) is 2. The zero-order chi connectivity index (χ0) is 24.9. The van der Waals surface area contributed by atoms with Gasteiger partial charge < -0.3 is 4.74 Å². The molecule has 0 saturated heterocycles. The van der Waals surface area contributed by atoms with Crippen molar-refractivity contribution in [1.82, 2.24) is 0 Å². The summed E-state index contributed by atoms with van der Waals surface area (Å²) in [6.45, 7) is 16.2. The molecule has 3 heteroatoms. The summed E-state index contributed by atoms with van der Waals surface area (Å²) in [6.07, 6.45) is 17.1. The quantitative estimate of drug-likeness (QED) is 0.211. The van der Waals surface area contributed by atoms with E-state index in [0.29, 0.717) is 17.3 Å². The summed E-state index contributed by atoms with van der Waals surface area (Å²) in [5.41, 5.74) is 0.646. The second-order valence-electron chi connectivity index (χ2n) is 13.6. The third kappa shape index (κ3) is 4.41. The molecule has 0 bridgehead atoms. The minimum atomic E-state index is -0.208. The van der Waals surface area contributed by atoms with Crippen LogP contribution in [0.25, 0.3) is 0 Å². The predicted octanol–water partition coefficient (Wildman–Crippen LogP) is 8.81. The summed E-state index contributed by atoms with van der Waals surface area (Å²) in [5, 5.41) is 0. The molecule has 0 aromatic carbocycles. The zero-order valence-electron chi connectivity index (χ0n) is 23.0. The number of esters is 1. The maximum Gasteiger partial charge on any atom is 0.302 e. The van der Waals surface area contributed by atoms with Gasteiger partial charge >= 0.3 is 5.97 Å². The molecular weight excluding hydrogens is 440 g/mol. The fourth-order valence-corrected chi connectivity index (χ4v) is 10.2.